The quantitative estimate of drug-likeness (QED) is 0.897. The van der Waals surface area contributed by atoms with Crippen molar-refractivity contribution in [1.29, 1.82) is 0 Å². The zero-order valence-corrected chi connectivity index (χ0v) is 12.1. The van der Waals surface area contributed by atoms with Gasteiger partial charge in [-0.3, -0.25) is 0 Å². The van der Waals surface area contributed by atoms with Crippen LogP contribution >= 0.6 is 11.6 Å². The highest BCUT2D eigenvalue weighted by molar-refractivity contribution is 6.30. The van der Waals surface area contributed by atoms with Crippen molar-refractivity contribution in [1.82, 2.24) is 5.32 Å². The molecule has 0 radical (unpaired) electrons. The van der Waals surface area contributed by atoms with Crippen LogP contribution in [0.3, 0.4) is 0 Å². The summed E-state index contributed by atoms with van der Waals surface area (Å²) in [4.78, 5) is 2.45. The minimum absolute atomic E-state index is 0.604. The van der Waals surface area contributed by atoms with Crippen LogP contribution in [0.15, 0.2) is 24.3 Å². The second-order valence-electron chi connectivity index (χ2n) is 5.38. The minimum Gasteiger partial charge on any atom is -0.370 e. The van der Waals surface area contributed by atoms with Crippen molar-refractivity contribution in [3.8, 4) is 0 Å². The molecule has 1 aromatic rings. The predicted molar refractivity (Wildman–Crippen MR) is 79.5 cm³/mol. The largest absolute Gasteiger partial charge is 0.370 e. The Morgan fingerprint density at radius 3 is 2.94 bits per heavy atom. The van der Waals surface area contributed by atoms with Gasteiger partial charge in [0.2, 0.25) is 0 Å². The van der Waals surface area contributed by atoms with Crippen molar-refractivity contribution >= 4 is 17.3 Å². The van der Waals surface area contributed by atoms with Crippen LogP contribution < -0.4 is 10.2 Å². The molecule has 0 aromatic heterocycles. The minimum atomic E-state index is 0.604. The Bertz CT molecular complexity index is 381. The van der Waals surface area contributed by atoms with Gasteiger partial charge in [-0.1, -0.05) is 31.5 Å². The molecule has 0 aliphatic carbocycles. The summed E-state index contributed by atoms with van der Waals surface area (Å²) in [6.45, 7) is 7.88. The Balaban J connectivity index is 2.03. The summed E-state index contributed by atoms with van der Waals surface area (Å²) in [5, 5.41) is 4.46. The number of hydrogen-bond donors (Lipinski definition) is 1. The van der Waals surface area contributed by atoms with E-state index in [4.69, 9.17) is 11.6 Å². The zero-order valence-electron chi connectivity index (χ0n) is 11.3. The summed E-state index contributed by atoms with van der Waals surface area (Å²) < 4.78 is 0. The Morgan fingerprint density at radius 1 is 1.39 bits per heavy atom. The first-order chi connectivity index (χ1) is 8.69. The van der Waals surface area contributed by atoms with Crippen molar-refractivity contribution in [2.75, 3.05) is 24.5 Å². The molecule has 100 valence electrons. The van der Waals surface area contributed by atoms with Crippen LogP contribution in [0, 0.1) is 5.92 Å². The maximum absolute atomic E-state index is 6.08. The fourth-order valence-electron chi connectivity index (χ4n) is 2.73. The van der Waals surface area contributed by atoms with Crippen LogP contribution in [0.2, 0.25) is 5.02 Å². The normalized spacial score (nSPS) is 24.3. The van der Waals surface area contributed by atoms with Gasteiger partial charge in [0.25, 0.3) is 0 Å². The molecule has 3 heteroatoms. The fourth-order valence-corrected chi connectivity index (χ4v) is 2.92. The molecule has 1 aliphatic heterocycles. The first-order valence-electron chi connectivity index (χ1n) is 6.93. The summed E-state index contributed by atoms with van der Waals surface area (Å²) >= 11 is 6.08. The molecule has 0 bridgehead atoms. The zero-order chi connectivity index (χ0) is 13.0. The third-order valence-electron chi connectivity index (χ3n) is 3.52. The van der Waals surface area contributed by atoms with Gasteiger partial charge < -0.3 is 10.2 Å². The Morgan fingerprint density at radius 2 is 2.22 bits per heavy atom. The molecule has 0 amide bonds. The van der Waals surface area contributed by atoms with E-state index in [1.165, 1.54) is 18.5 Å². The maximum atomic E-state index is 6.08. The SMILES string of the molecule is CCCNC1CC(C)CN(c2cccc(Cl)c2)C1. The van der Waals surface area contributed by atoms with Crippen LogP contribution in [0.25, 0.3) is 0 Å². The number of nitrogens with zero attached hydrogens (tertiary/aromatic N) is 1. The van der Waals surface area contributed by atoms with Gasteiger partial charge in [-0.25, -0.2) is 0 Å². The number of piperidine rings is 1. The summed E-state index contributed by atoms with van der Waals surface area (Å²) in [5.41, 5.74) is 1.25. The number of rotatable bonds is 4. The number of anilines is 1. The van der Waals surface area contributed by atoms with Crippen molar-refractivity contribution in [2.24, 2.45) is 5.92 Å². The average Bonchev–Trinajstić information content (AvgIpc) is 2.36. The highest BCUT2D eigenvalue weighted by Gasteiger charge is 2.24. The third-order valence-corrected chi connectivity index (χ3v) is 3.75. The molecule has 2 rings (SSSR count). The standard InChI is InChI=1S/C15H23ClN2/c1-3-7-17-14-8-12(2)10-18(11-14)15-6-4-5-13(16)9-15/h4-6,9,12,14,17H,3,7-8,10-11H2,1-2H3. The van der Waals surface area contributed by atoms with E-state index in [2.05, 4.69) is 36.2 Å². The topological polar surface area (TPSA) is 15.3 Å². The van der Waals surface area contributed by atoms with Crippen LogP contribution in [0.4, 0.5) is 5.69 Å². The molecular formula is C15H23ClN2. The summed E-state index contributed by atoms with van der Waals surface area (Å²) in [5.74, 6) is 0.729. The molecule has 18 heavy (non-hydrogen) atoms. The fraction of sp³-hybridized carbons (Fsp3) is 0.600. The second-order valence-corrected chi connectivity index (χ2v) is 5.81. The lowest BCUT2D eigenvalue weighted by molar-refractivity contribution is 0.351. The molecule has 0 spiro atoms. The number of nitrogens with one attached hydrogen (secondary N) is 1. The molecular weight excluding hydrogens is 244 g/mol. The van der Waals surface area contributed by atoms with Crippen LogP contribution in [-0.2, 0) is 0 Å². The van der Waals surface area contributed by atoms with E-state index >= 15 is 0 Å². The number of halogens is 1. The Labute approximate surface area is 115 Å². The molecule has 1 heterocycles. The van der Waals surface area contributed by atoms with Gasteiger partial charge in [0.05, 0.1) is 0 Å². The number of benzene rings is 1. The molecule has 2 unspecified atom stereocenters. The van der Waals surface area contributed by atoms with E-state index in [0.717, 1.165) is 30.6 Å². The molecule has 1 aromatic carbocycles. The van der Waals surface area contributed by atoms with Gasteiger partial charge in [-0.2, -0.15) is 0 Å². The predicted octanol–water partition coefficient (Wildman–Crippen LogP) is 3.55. The average molecular weight is 267 g/mol. The third kappa shape index (κ3) is 3.63. The van der Waals surface area contributed by atoms with Gasteiger partial charge in [-0.15, -0.1) is 0 Å². The second kappa shape index (κ2) is 6.44. The Kier molecular flexibility index (Phi) is 4.90. The van der Waals surface area contributed by atoms with Gasteiger partial charge in [0.15, 0.2) is 0 Å². The molecule has 1 saturated heterocycles. The van der Waals surface area contributed by atoms with Crippen LogP contribution in [0.5, 0.6) is 0 Å². The van der Waals surface area contributed by atoms with Crippen molar-refractivity contribution in [2.45, 2.75) is 32.7 Å². The summed E-state index contributed by atoms with van der Waals surface area (Å²) in [6, 6.07) is 8.79. The number of hydrogen-bond acceptors (Lipinski definition) is 2. The maximum Gasteiger partial charge on any atom is 0.0426 e. The molecule has 2 atom stereocenters. The van der Waals surface area contributed by atoms with Crippen molar-refractivity contribution in [3.63, 3.8) is 0 Å². The summed E-state index contributed by atoms with van der Waals surface area (Å²) in [7, 11) is 0. The van der Waals surface area contributed by atoms with Crippen molar-refractivity contribution < 1.29 is 0 Å². The lowest BCUT2D eigenvalue weighted by Crippen LogP contribution is -2.49. The van der Waals surface area contributed by atoms with Gasteiger partial charge in [0, 0.05) is 29.8 Å². The van der Waals surface area contributed by atoms with E-state index in [1.807, 2.05) is 12.1 Å². The van der Waals surface area contributed by atoms with E-state index in [-0.39, 0.29) is 0 Å². The molecule has 0 saturated carbocycles. The van der Waals surface area contributed by atoms with Crippen LogP contribution in [-0.4, -0.2) is 25.7 Å². The smallest absolute Gasteiger partial charge is 0.0426 e. The van der Waals surface area contributed by atoms with Gasteiger partial charge in [-0.05, 0) is 43.5 Å². The van der Waals surface area contributed by atoms with E-state index in [0.29, 0.717) is 6.04 Å². The van der Waals surface area contributed by atoms with E-state index in [9.17, 15) is 0 Å². The van der Waals surface area contributed by atoms with E-state index < -0.39 is 0 Å². The Hall–Kier alpha value is -0.730. The first kappa shape index (κ1) is 13.7. The highest BCUT2D eigenvalue weighted by Crippen LogP contribution is 2.25. The monoisotopic (exact) mass is 266 g/mol. The first-order valence-corrected chi connectivity index (χ1v) is 7.30. The molecule has 1 aliphatic rings. The van der Waals surface area contributed by atoms with E-state index in [1.54, 1.807) is 0 Å². The molecule has 2 nitrogen and oxygen atoms in total. The molecule has 1 fully saturated rings. The van der Waals surface area contributed by atoms with Crippen molar-refractivity contribution in [3.05, 3.63) is 29.3 Å². The van der Waals surface area contributed by atoms with Gasteiger partial charge >= 0.3 is 0 Å². The lowest BCUT2D eigenvalue weighted by Gasteiger charge is -2.38. The lowest BCUT2D eigenvalue weighted by atomic mass is 9.95. The van der Waals surface area contributed by atoms with Crippen LogP contribution in [0.1, 0.15) is 26.7 Å². The molecule has 1 N–H and O–H groups in total. The highest BCUT2D eigenvalue weighted by atomic mass is 35.5. The summed E-state index contributed by atoms with van der Waals surface area (Å²) in [6.07, 6.45) is 2.47. The van der Waals surface area contributed by atoms with Gasteiger partial charge in [0.1, 0.15) is 0 Å².